The number of anilines is 3. The third-order valence-corrected chi connectivity index (χ3v) is 4.13. The molecule has 4 nitrogen and oxygen atoms in total. The maximum Gasteiger partial charge on any atom is 0.123 e. The summed E-state index contributed by atoms with van der Waals surface area (Å²) in [7, 11) is 0. The molecule has 0 amide bonds. The van der Waals surface area contributed by atoms with E-state index in [0.717, 1.165) is 43.0 Å². The Hall–Kier alpha value is -2.84. The van der Waals surface area contributed by atoms with Crippen LogP contribution in [0.1, 0.15) is 24.0 Å². The zero-order valence-electron chi connectivity index (χ0n) is 13.8. The number of nitrogens with one attached hydrogen (secondary N) is 2. The van der Waals surface area contributed by atoms with Crippen molar-refractivity contribution < 1.29 is 9.13 Å². The average Bonchev–Trinajstić information content (AvgIpc) is 2.64. The molecular formula is C20H20FN3O. The lowest BCUT2D eigenvalue weighted by molar-refractivity contribution is 0.0807. The van der Waals surface area contributed by atoms with E-state index in [1.54, 1.807) is 24.3 Å². The molecule has 0 saturated carbocycles. The van der Waals surface area contributed by atoms with E-state index in [9.17, 15) is 4.39 Å². The van der Waals surface area contributed by atoms with E-state index < -0.39 is 0 Å². The summed E-state index contributed by atoms with van der Waals surface area (Å²) in [5.41, 5.74) is 9.39. The van der Waals surface area contributed by atoms with Crippen molar-refractivity contribution in [2.24, 2.45) is 5.92 Å². The number of benzene rings is 2. The minimum Gasteiger partial charge on any atom is -0.398 e. The second-order valence-electron chi connectivity index (χ2n) is 5.96. The quantitative estimate of drug-likeness (QED) is 0.451. The van der Waals surface area contributed by atoms with Crippen LogP contribution in [0.5, 0.6) is 0 Å². The van der Waals surface area contributed by atoms with Gasteiger partial charge in [0.1, 0.15) is 5.82 Å². The Kier molecular flexibility index (Phi) is 5.32. The molecule has 25 heavy (non-hydrogen) atoms. The van der Waals surface area contributed by atoms with Crippen LogP contribution in [0.15, 0.2) is 36.4 Å². The van der Waals surface area contributed by atoms with E-state index in [-0.39, 0.29) is 5.82 Å². The summed E-state index contributed by atoms with van der Waals surface area (Å²) in [6.07, 6.45) is 3.07. The lowest BCUT2D eigenvalue weighted by Crippen LogP contribution is -2.13. The highest BCUT2D eigenvalue weighted by molar-refractivity contribution is 5.89. The molecule has 0 atom stereocenters. The van der Waals surface area contributed by atoms with Gasteiger partial charge in [0.25, 0.3) is 0 Å². The number of halogens is 1. The SMILES string of the molecule is N=Cc1cc(Nc2ccc(F)cc2)c(C#CC2CCOCC2)cc1N. The number of nitrogens with two attached hydrogens (primary N) is 1. The molecule has 0 unspecified atom stereocenters. The number of nitrogen functional groups attached to an aromatic ring is 1. The maximum absolute atomic E-state index is 13.1. The summed E-state index contributed by atoms with van der Waals surface area (Å²) in [5, 5.41) is 10.7. The molecule has 0 bridgehead atoms. The zero-order valence-corrected chi connectivity index (χ0v) is 13.8. The summed E-state index contributed by atoms with van der Waals surface area (Å²) in [5.74, 6) is 6.53. The first-order chi connectivity index (χ1) is 12.2. The van der Waals surface area contributed by atoms with E-state index in [1.807, 2.05) is 0 Å². The first kappa shape index (κ1) is 17.0. The Bertz CT molecular complexity index is 815. The van der Waals surface area contributed by atoms with Gasteiger partial charge < -0.3 is 21.2 Å². The summed E-state index contributed by atoms with van der Waals surface area (Å²) in [4.78, 5) is 0. The van der Waals surface area contributed by atoms with Crippen LogP contribution < -0.4 is 11.1 Å². The van der Waals surface area contributed by atoms with Gasteiger partial charge in [0.2, 0.25) is 0 Å². The second-order valence-corrected chi connectivity index (χ2v) is 5.96. The second kappa shape index (κ2) is 7.82. The maximum atomic E-state index is 13.1. The Labute approximate surface area is 146 Å². The number of hydrogen-bond donors (Lipinski definition) is 3. The molecule has 1 heterocycles. The Balaban J connectivity index is 1.92. The monoisotopic (exact) mass is 337 g/mol. The predicted molar refractivity (Wildman–Crippen MR) is 98.8 cm³/mol. The molecule has 2 aromatic rings. The molecule has 1 fully saturated rings. The van der Waals surface area contributed by atoms with Crippen molar-refractivity contribution in [3.05, 3.63) is 53.3 Å². The van der Waals surface area contributed by atoms with E-state index in [1.165, 1.54) is 18.3 Å². The number of hydrogen-bond acceptors (Lipinski definition) is 4. The molecule has 128 valence electrons. The normalized spacial score (nSPS) is 14.4. The van der Waals surface area contributed by atoms with Gasteiger partial charge in [-0.05, 0) is 49.2 Å². The van der Waals surface area contributed by atoms with Gasteiger partial charge in [0.15, 0.2) is 0 Å². The van der Waals surface area contributed by atoms with Crippen LogP contribution in [0.3, 0.4) is 0 Å². The van der Waals surface area contributed by atoms with E-state index >= 15 is 0 Å². The van der Waals surface area contributed by atoms with Crippen molar-refractivity contribution in [2.45, 2.75) is 12.8 Å². The van der Waals surface area contributed by atoms with Gasteiger partial charge in [-0.2, -0.15) is 0 Å². The minimum atomic E-state index is -0.289. The van der Waals surface area contributed by atoms with Gasteiger partial charge in [-0.3, -0.25) is 0 Å². The third kappa shape index (κ3) is 4.37. The standard InChI is InChI=1S/C20H20FN3O/c21-17-3-5-18(6-4-17)24-20-12-16(13-22)19(23)11-15(20)2-1-14-7-9-25-10-8-14/h3-6,11-14,22,24H,7-10,23H2. The van der Waals surface area contributed by atoms with Gasteiger partial charge in [-0.15, -0.1) is 0 Å². The fourth-order valence-corrected chi connectivity index (χ4v) is 2.68. The molecule has 0 aromatic heterocycles. The summed E-state index contributed by atoms with van der Waals surface area (Å²) < 4.78 is 18.5. The number of ether oxygens (including phenoxy) is 1. The topological polar surface area (TPSA) is 71.1 Å². The molecule has 0 spiro atoms. The van der Waals surface area contributed by atoms with Crippen LogP contribution >= 0.6 is 0 Å². The zero-order chi connectivity index (χ0) is 17.6. The first-order valence-corrected chi connectivity index (χ1v) is 8.21. The van der Waals surface area contributed by atoms with E-state index in [0.29, 0.717) is 17.2 Å². The smallest absolute Gasteiger partial charge is 0.123 e. The van der Waals surface area contributed by atoms with Crippen LogP contribution in [0.2, 0.25) is 0 Å². The van der Waals surface area contributed by atoms with Gasteiger partial charge in [0, 0.05) is 42.3 Å². The molecule has 0 radical (unpaired) electrons. The molecule has 4 N–H and O–H groups in total. The Morgan fingerprint density at radius 2 is 1.92 bits per heavy atom. The van der Waals surface area contributed by atoms with Crippen molar-refractivity contribution in [1.82, 2.24) is 0 Å². The average molecular weight is 337 g/mol. The van der Waals surface area contributed by atoms with Gasteiger partial charge in [-0.1, -0.05) is 11.8 Å². The van der Waals surface area contributed by atoms with Crippen LogP contribution in [0.25, 0.3) is 0 Å². The molecule has 5 heteroatoms. The first-order valence-electron chi connectivity index (χ1n) is 8.21. The van der Waals surface area contributed by atoms with Crippen molar-refractivity contribution >= 4 is 23.3 Å². The summed E-state index contributed by atoms with van der Waals surface area (Å²) in [6.45, 7) is 1.49. The lowest BCUT2D eigenvalue weighted by Gasteiger charge is -2.17. The summed E-state index contributed by atoms with van der Waals surface area (Å²) in [6, 6.07) is 9.67. The van der Waals surface area contributed by atoms with E-state index in [4.69, 9.17) is 15.9 Å². The largest absolute Gasteiger partial charge is 0.398 e. The predicted octanol–water partition coefficient (Wildman–Crippen LogP) is 3.93. The Morgan fingerprint density at radius 1 is 1.20 bits per heavy atom. The third-order valence-electron chi connectivity index (χ3n) is 4.13. The van der Waals surface area contributed by atoms with Crippen LogP contribution in [-0.4, -0.2) is 19.4 Å². The molecule has 1 aliphatic rings. The highest BCUT2D eigenvalue weighted by Gasteiger charge is 2.11. The fourth-order valence-electron chi connectivity index (χ4n) is 2.68. The molecule has 2 aromatic carbocycles. The lowest BCUT2D eigenvalue weighted by atomic mass is 10.00. The molecule has 1 saturated heterocycles. The van der Waals surface area contributed by atoms with E-state index in [2.05, 4.69) is 17.2 Å². The fraction of sp³-hybridized carbons (Fsp3) is 0.250. The summed E-state index contributed by atoms with van der Waals surface area (Å²) >= 11 is 0. The molecule has 1 aliphatic heterocycles. The molecule has 3 rings (SSSR count). The number of rotatable bonds is 3. The van der Waals surface area contributed by atoms with Crippen molar-refractivity contribution in [3.8, 4) is 11.8 Å². The van der Waals surface area contributed by atoms with Crippen LogP contribution in [0, 0.1) is 29.0 Å². The van der Waals surface area contributed by atoms with Crippen molar-refractivity contribution in [2.75, 3.05) is 24.3 Å². The van der Waals surface area contributed by atoms with Gasteiger partial charge >= 0.3 is 0 Å². The highest BCUT2D eigenvalue weighted by atomic mass is 19.1. The van der Waals surface area contributed by atoms with Gasteiger partial charge in [-0.25, -0.2) is 4.39 Å². The Morgan fingerprint density at radius 3 is 2.60 bits per heavy atom. The minimum absolute atomic E-state index is 0.289. The van der Waals surface area contributed by atoms with Crippen LogP contribution in [0.4, 0.5) is 21.5 Å². The highest BCUT2D eigenvalue weighted by Crippen LogP contribution is 2.26. The van der Waals surface area contributed by atoms with Crippen molar-refractivity contribution in [1.29, 1.82) is 5.41 Å². The van der Waals surface area contributed by atoms with Crippen molar-refractivity contribution in [3.63, 3.8) is 0 Å². The molecular weight excluding hydrogens is 317 g/mol. The molecule has 0 aliphatic carbocycles. The van der Waals surface area contributed by atoms with Crippen LogP contribution in [-0.2, 0) is 4.74 Å². The van der Waals surface area contributed by atoms with Gasteiger partial charge in [0.05, 0.1) is 11.3 Å².